The van der Waals surface area contributed by atoms with Crippen molar-refractivity contribution in [2.45, 2.75) is 25.9 Å². The summed E-state index contributed by atoms with van der Waals surface area (Å²) in [6.45, 7) is 4.28. The molecule has 0 radical (unpaired) electrons. The zero-order chi connectivity index (χ0) is 22.2. The molecule has 6 nitrogen and oxygen atoms in total. The third kappa shape index (κ3) is 3.72. The van der Waals surface area contributed by atoms with Gasteiger partial charge in [-0.25, -0.2) is 0 Å². The lowest BCUT2D eigenvalue weighted by Crippen LogP contribution is -2.36. The second-order valence-corrected chi connectivity index (χ2v) is 9.68. The number of fused-ring (bicyclic) bond motifs is 3. The van der Waals surface area contributed by atoms with E-state index in [1.165, 1.54) is 20.5 Å². The zero-order valence-electron chi connectivity index (χ0n) is 18.2. The summed E-state index contributed by atoms with van der Waals surface area (Å²) < 4.78 is 1.24. The molecule has 0 spiro atoms. The number of ketones is 1. The molecule has 2 aromatic rings. The van der Waals surface area contributed by atoms with Gasteiger partial charge in [0.1, 0.15) is 6.04 Å². The molecule has 1 aromatic heterocycles. The lowest BCUT2D eigenvalue weighted by molar-refractivity contribution is -0.125. The molecule has 1 unspecified atom stereocenters. The summed E-state index contributed by atoms with van der Waals surface area (Å²) in [5, 5.41) is 8.85. The molecule has 164 valence electrons. The fraction of sp³-hybridized carbons (Fsp3) is 0.320. The Hall–Kier alpha value is -3.03. The van der Waals surface area contributed by atoms with Crippen LogP contribution in [0, 0.1) is 12.8 Å². The van der Waals surface area contributed by atoms with Gasteiger partial charge in [-0.3, -0.25) is 15.0 Å². The van der Waals surface area contributed by atoms with Gasteiger partial charge in [-0.1, -0.05) is 18.2 Å². The second-order valence-electron chi connectivity index (χ2n) is 8.54. The first kappa shape index (κ1) is 20.8. The summed E-state index contributed by atoms with van der Waals surface area (Å²) in [7, 11) is 1.82. The second kappa shape index (κ2) is 8.48. The van der Waals surface area contributed by atoms with E-state index in [9.17, 15) is 9.59 Å². The van der Waals surface area contributed by atoms with E-state index in [1.54, 1.807) is 34.6 Å². The topological polar surface area (TPSA) is 73.8 Å². The lowest BCUT2D eigenvalue weighted by Gasteiger charge is -2.20. The van der Waals surface area contributed by atoms with Gasteiger partial charge in [-0.05, 0) is 65.8 Å². The number of aryl methyl sites for hydroxylation is 1. The number of hydrogen-bond donors (Lipinski definition) is 2. The van der Waals surface area contributed by atoms with E-state index >= 15 is 0 Å². The maximum atomic E-state index is 12.8. The number of rotatable bonds is 4. The number of allylic oxidation sites excluding steroid dienone is 2. The number of hydrogen-bond acceptors (Lipinski definition) is 6. The van der Waals surface area contributed by atoms with E-state index in [2.05, 4.69) is 34.9 Å². The van der Waals surface area contributed by atoms with E-state index in [4.69, 9.17) is 0 Å². The van der Waals surface area contributed by atoms with Gasteiger partial charge in [0, 0.05) is 35.2 Å². The standard InChI is InChI=1S/C25H26N4O2S/c1-15-17-5-3-4-6-21(17)32-22(15)14-29(2)23(30)8-7-16-11-19-20-13-26-10-9-18(20)25(31)24(19)28-27-12-16/h3-8,11-12,18,24,26,28H,9-10,13-14H2,1-2H3/b8-7+/t18?,24-/m1/s1. The Bertz CT molecular complexity index is 1220. The molecule has 7 heteroatoms. The van der Waals surface area contributed by atoms with Gasteiger partial charge in [0.25, 0.3) is 0 Å². The van der Waals surface area contributed by atoms with Crippen molar-refractivity contribution in [3.05, 3.63) is 69.7 Å². The van der Waals surface area contributed by atoms with Crippen molar-refractivity contribution in [3.63, 3.8) is 0 Å². The number of piperidine rings is 1. The highest BCUT2D eigenvalue weighted by Gasteiger charge is 2.41. The minimum atomic E-state index is -0.383. The number of likely N-dealkylation sites (N-methyl/N-ethyl adjacent to an activating group) is 1. The zero-order valence-corrected chi connectivity index (χ0v) is 19.0. The van der Waals surface area contributed by atoms with Crippen LogP contribution < -0.4 is 10.7 Å². The van der Waals surface area contributed by atoms with Crippen molar-refractivity contribution in [2.24, 2.45) is 11.0 Å². The maximum absolute atomic E-state index is 12.8. The Morgan fingerprint density at radius 3 is 3.03 bits per heavy atom. The normalized spacial score (nSPS) is 22.6. The first-order valence-electron chi connectivity index (χ1n) is 10.9. The SMILES string of the molecule is Cc1c(CN(C)C(=O)/C=C/C2=CC3=C4CNCCC4C(=O)[C@@H]3NN=C2)sc2ccccc12. The van der Waals surface area contributed by atoms with Crippen molar-refractivity contribution in [1.29, 1.82) is 0 Å². The number of thiophene rings is 1. The Kier molecular flexibility index (Phi) is 5.53. The highest BCUT2D eigenvalue weighted by Crippen LogP contribution is 2.35. The Morgan fingerprint density at radius 2 is 2.19 bits per heavy atom. The molecule has 1 aromatic carbocycles. The Morgan fingerprint density at radius 1 is 1.34 bits per heavy atom. The van der Waals surface area contributed by atoms with Crippen molar-refractivity contribution >= 4 is 39.3 Å². The monoisotopic (exact) mass is 446 g/mol. The predicted octanol–water partition coefficient (Wildman–Crippen LogP) is 3.10. The maximum Gasteiger partial charge on any atom is 0.246 e. The van der Waals surface area contributed by atoms with Crippen LogP contribution in [0.25, 0.3) is 10.1 Å². The molecule has 5 rings (SSSR count). The molecule has 1 saturated heterocycles. The van der Waals surface area contributed by atoms with Crippen molar-refractivity contribution in [3.8, 4) is 0 Å². The van der Waals surface area contributed by atoms with Crippen LogP contribution in [0.3, 0.4) is 0 Å². The largest absolute Gasteiger partial charge is 0.337 e. The molecule has 1 amide bonds. The summed E-state index contributed by atoms with van der Waals surface area (Å²) in [6.07, 6.45) is 7.86. The first-order valence-corrected chi connectivity index (χ1v) is 11.7. The highest BCUT2D eigenvalue weighted by atomic mass is 32.1. The minimum absolute atomic E-state index is 0.0177. The molecule has 2 N–H and O–H groups in total. The Labute approximate surface area is 191 Å². The van der Waals surface area contributed by atoms with E-state index in [1.807, 2.05) is 25.3 Å². The molecule has 0 saturated carbocycles. The van der Waals surface area contributed by atoms with E-state index in [-0.39, 0.29) is 23.7 Å². The summed E-state index contributed by atoms with van der Waals surface area (Å²) in [5.41, 5.74) is 7.18. The van der Waals surface area contributed by atoms with Gasteiger partial charge >= 0.3 is 0 Å². The number of Topliss-reactive ketones (excluding diaryl/α,β-unsaturated/α-hetero) is 1. The van der Waals surface area contributed by atoms with Crippen LogP contribution in [0.2, 0.25) is 0 Å². The number of nitrogens with zero attached hydrogens (tertiary/aromatic N) is 2. The molecule has 0 bridgehead atoms. The molecule has 2 atom stereocenters. The average Bonchev–Trinajstić information content (AvgIpc) is 3.15. The van der Waals surface area contributed by atoms with Crippen LogP contribution in [0.1, 0.15) is 16.9 Å². The van der Waals surface area contributed by atoms with Crippen LogP contribution in [-0.4, -0.2) is 49.0 Å². The molecule has 2 aliphatic heterocycles. The first-order chi connectivity index (χ1) is 15.5. The molecule has 32 heavy (non-hydrogen) atoms. The number of nitrogens with one attached hydrogen (secondary N) is 2. The number of hydrazone groups is 1. The molecule has 1 aliphatic carbocycles. The van der Waals surface area contributed by atoms with Gasteiger partial charge in [0.15, 0.2) is 5.78 Å². The quantitative estimate of drug-likeness (QED) is 0.708. The third-order valence-electron chi connectivity index (χ3n) is 6.51. The van der Waals surface area contributed by atoms with Crippen molar-refractivity contribution in [1.82, 2.24) is 15.6 Å². The number of carbonyl (C=O) groups excluding carboxylic acids is 2. The van der Waals surface area contributed by atoms with Gasteiger partial charge in [-0.15, -0.1) is 11.3 Å². The summed E-state index contributed by atoms with van der Waals surface area (Å²) in [4.78, 5) is 28.5. The van der Waals surface area contributed by atoms with E-state index in [0.717, 1.165) is 36.2 Å². The van der Waals surface area contributed by atoms with Crippen LogP contribution in [0.5, 0.6) is 0 Å². The van der Waals surface area contributed by atoms with Gasteiger partial charge in [0.05, 0.1) is 12.8 Å². The molecule has 3 heterocycles. The van der Waals surface area contributed by atoms with Crippen LogP contribution >= 0.6 is 11.3 Å². The summed E-state index contributed by atoms with van der Waals surface area (Å²) in [5.74, 6) is 0.114. The number of benzene rings is 1. The third-order valence-corrected chi connectivity index (χ3v) is 7.77. The van der Waals surface area contributed by atoms with Crippen LogP contribution in [0.4, 0.5) is 0 Å². The van der Waals surface area contributed by atoms with Gasteiger partial charge in [0.2, 0.25) is 5.91 Å². The van der Waals surface area contributed by atoms with E-state index in [0.29, 0.717) is 6.54 Å². The summed E-state index contributed by atoms with van der Waals surface area (Å²) in [6, 6.07) is 7.95. The molecule has 1 fully saturated rings. The highest BCUT2D eigenvalue weighted by molar-refractivity contribution is 7.19. The number of carbonyl (C=O) groups is 2. The average molecular weight is 447 g/mol. The van der Waals surface area contributed by atoms with Crippen molar-refractivity contribution in [2.75, 3.05) is 20.1 Å². The van der Waals surface area contributed by atoms with Crippen LogP contribution in [-0.2, 0) is 16.1 Å². The fourth-order valence-electron chi connectivity index (χ4n) is 4.69. The molecular formula is C25H26N4O2S. The predicted molar refractivity (Wildman–Crippen MR) is 129 cm³/mol. The van der Waals surface area contributed by atoms with Crippen molar-refractivity contribution < 1.29 is 9.59 Å². The minimum Gasteiger partial charge on any atom is -0.337 e. The Balaban J connectivity index is 1.33. The van der Waals surface area contributed by atoms with Crippen LogP contribution in [0.15, 0.2) is 64.3 Å². The van der Waals surface area contributed by atoms with E-state index < -0.39 is 0 Å². The van der Waals surface area contributed by atoms with Gasteiger partial charge in [-0.2, -0.15) is 5.10 Å². The molecule has 3 aliphatic rings. The summed E-state index contributed by atoms with van der Waals surface area (Å²) >= 11 is 1.74. The van der Waals surface area contributed by atoms with Gasteiger partial charge < -0.3 is 10.2 Å². The number of amides is 1. The fourth-order valence-corrected chi connectivity index (χ4v) is 5.96. The molecular weight excluding hydrogens is 420 g/mol. The smallest absolute Gasteiger partial charge is 0.246 e. The lowest BCUT2D eigenvalue weighted by atomic mass is 9.93.